The molecule has 1 rings (SSSR count). The fourth-order valence-corrected chi connectivity index (χ4v) is 2.09. The van der Waals surface area contributed by atoms with E-state index in [1.807, 2.05) is 13.0 Å². The molecule has 0 fully saturated rings. The molecule has 4 heteroatoms. The smallest absolute Gasteiger partial charge is 0.142 e. The number of rotatable bonds is 4. The van der Waals surface area contributed by atoms with Gasteiger partial charge in [0.2, 0.25) is 0 Å². The molecule has 1 aromatic carbocycles. The minimum absolute atomic E-state index is 0.512. The predicted octanol–water partition coefficient (Wildman–Crippen LogP) is 2.91. The van der Waals surface area contributed by atoms with Gasteiger partial charge in [-0.1, -0.05) is 6.92 Å². The van der Waals surface area contributed by atoms with Crippen LogP contribution < -0.4 is 9.47 Å². The largest absolute Gasteiger partial charge is 0.495 e. The van der Waals surface area contributed by atoms with Crippen LogP contribution >= 0.6 is 15.9 Å². The molecule has 0 bridgehead atoms. The third kappa shape index (κ3) is 2.44. The van der Waals surface area contributed by atoms with Crippen LogP contribution in [0.3, 0.4) is 0 Å². The molecule has 0 aliphatic carbocycles. The normalized spacial score (nSPS) is 12.3. The van der Waals surface area contributed by atoms with Gasteiger partial charge in [0.1, 0.15) is 16.0 Å². The molecule has 0 aromatic heterocycles. The molecule has 0 radical (unpaired) electrons. The second kappa shape index (κ2) is 5.37. The van der Waals surface area contributed by atoms with Crippen molar-refractivity contribution in [3.05, 3.63) is 22.2 Å². The Morgan fingerprint density at radius 2 is 2.00 bits per heavy atom. The van der Waals surface area contributed by atoms with Crippen molar-refractivity contribution in [3.63, 3.8) is 0 Å². The summed E-state index contributed by atoms with van der Waals surface area (Å²) in [5, 5.41) is 9.79. The van der Waals surface area contributed by atoms with Gasteiger partial charge in [0, 0.05) is 5.56 Å². The van der Waals surface area contributed by atoms with Crippen molar-refractivity contribution in [2.45, 2.75) is 19.4 Å². The van der Waals surface area contributed by atoms with Gasteiger partial charge in [-0.15, -0.1) is 0 Å². The molecule has 1 N–H and O–H groups in total. The Morgan fingerprint density at radius 3 is 2.47 bits per heavy atom. The summed E-state index contributed by atoms with van der Waals surface area (Å²) in [4.78, 5) is 0. The molecule has 0 heterocycles. The highest BCUT2D eigenvalue weighted by Gasteiger charge is 2.17. The zero-order valence-corrected chi connectivity index (χ0v) is 10.7. The van der Waals surface area contributed by atoms with E-state index in [1.54, 1.807) is 20.3 Å². The van der Waals surface area contributed by atoms with Gasteiger partial charge < -0.3 is 14.6 Å². The molecule has 15 heavy (non-hydrogen) atoms. The lowest BCUT2D eigenvalue weighted by molar-refractivity contribution is 0.169. The molecule has 0 unspecified atom stereocenters. The maximum Gasteiger partial charge on any atom is 0.142 e. The molecular weight excluding hydrogens is 260 g/mol. The van der Waals surface area contributed by atoms with Gasteiger partial charge in [0.25, 0.3) is 0 Å². The zero-order chi connectivity index (χ0) is 11.4. The van der Waals surface area contributed by atoms with Crippen molar-refractivity contribution < 1.29 is 14.6 Å². The Hall–Kier alpha value is -0.740. The first-order valence-corrected chi connectivity index (χ1v) is 5.53. The first-order chi connectivity index (χ1) is 7.15. The summed E-state index contributed by atoms with van der Waals surface area (Å²) < 4.78 is 11.1. The number of ether oxygens (including phenoxy) is 2. The van der Waals surface area contributed by atoms with Gasteiger partial charge in [-0.05, 0) is 34.5 Å². The molecule has 0 saturated heterocycles. The monoisotopic (exact) mass is 274 g/mol. The lowest BCUT2D eigenvalue weighted by Crippen LogP contribution is -2.01. The van der Waals surface area contributed by atoms with E-state index in [9.17, 15) is 5.11 Å². The van der Waals surface area contributed by atoms with Crippen molar-refractivity contribution in [1.29, 1.82) is 0 Å². The molecule has 0 aliphatic rings. The van der Waals surface area contributed by atoms with Crippen molar-refractivity contribution in [1.82, 2.24) is 0 Å². The van der Waals surface area contributed by atoms with Crippen LogP contribution in [0.5, 0.6) is 11.5 Å². The molecular formula is C11H15BrO3. The van der Waals surface area contributed by atoms with Gasteiger partial charge >= 0.3 is 0 Å². The van der Waals surface area contributed by atoms with Gasteiger partial charge in [-0.3, -0.25) is 0 Å². The standard InChI is InChI=1S/C11H15BrO3/c1-4-8(13)7-5-6-9(14-2)10(12)11(7)15-3/h5-6,8,13H,4H2,1-3H3/t8-/m1/s1. The van der Waals surface area contributed by atoms with E-state index < -0.39 is 6.10 Å². The number of aliphatic hydroxyl groups excluding tert-OH is 1. The molecule has 1 atom stereocenters. The number of methoxy groups -OCH3 is 2. The number of hydrogen-bond donors (Lipinski definition) is 1. The second-order valence-electron chi connectivity index (χ2n) is 3.13. The second-order valence-corrected chi connectivity index (χ2v) is 3.92. The fraction of sp³-hybridized carbons (Fsp3) is 0.455. The Bertz CT molecular complexity index is 339. The van der Waals surface area contributed by atoms with E-state index in [4.69, 9.17) is 9.47 Å². The van der Waals surface area contributed by atoms with Gasteiger partial charge in [0.05, 0.1) is 20.3 Å². The van der Waals surface area contributed by atoms with Gasteiger partial charge in [0.15, 0.2) is 0 Å². The molecule has 0 amide bonds. The number of halogens is 1. The van der Waals surface area contributed by atoms with E-state index >= 15 is 0 Å². The molecule has 3 nitrogen and oxygen atoms in total. The minimum Gasteiger partial charge on any atom is -0.495 e. The van der Waals surface area contributed by atoms with Crippen LogP contribution in [0.25, 0.3) is 0 Å². The molecule has 84 valence electrons. The van der Waals surface area contributed by atoms with Crippen molar-refractivity contribution >= 4 is 15.9 Å². The average molecular weight is 275 g/mol. The third-order valence-electron chi connectivity index (χ3n) is 2.26. The van der Waals surface area contributed by atoms with Crippen molar-refractivity contribution in [2.24, 2.45) is 0 Å². The van der Waals surface area contributed by atoms with E-state index in [2.05, 4.69) is 15.9 Å². The highest BCUT2D eigenvalue weighted by atomic mass is 79.9. The zero-order valence-electron chi connectivity index (χ0n) is 9.08. The molecule has 1 aromatic rings. The summed E-state index contributed by atoms with van der Waals surface area (Å²) in [5.74, 6) is 1.32. The van der Waals surface area contributed by atoms with E-state index in [-0.39, 0.29) is 0 Å². The maximum atomic E-state index is 9.79. The van der Waals surface area contributed by atoms with E-state index in [0.29, 0.717) is 17.9 Å². The van der Waals surface area contributed by atoms with Crippen LogP contribution in [0.2, 0.25) is 0 Å². The van der Waals surface area contributed by atoms with Crippen molar-refractivity contribution in [3.8, 4) is 11.5 Å². The highest BCUT2D eigenvalue weighted by molar-refractivity contribution is 9.10. The Balaban J connectivity index is 3.24. The highest BCUT2D eigenvalue weighted by Crippen LogP contribution is 2.40. The average Bonchev–Trinajstić information content (AvgIpc) is 2.27. The SMILES string of the molecule is CC[C@@H](O)c1ccc(OC)c(Br)c1OC. The summed E-state index contributed by atoms with van der Waals surface area (Å²) in [5.41, 5.74) is 0.771. The van der Waals surface area contributed by atoms with Crippen LogP contribution in [0.4, 0.5) is 0 Å². The summed E-state index contributed by atoms with van der Waals surface area (Å²) in [6.07, 6.45) is 0.136. The van der Waals surface area contributed by atoms with E-state index in [1.165, 1.54) is 0 Å². The Kier molecular flexibility index (Phi) is 4.42. The molecule has 0 saturated carbocycles. The van der Waals surface area contributed by atoms with Crippen LogP contribution in [0.1, 0.15) is 25.0 Å². The summed E-state index contributed by atoms with van der Waals surface area (Å²) in [6.45, 7) is 1.92. The van der Waals surface area contributed by atoms with Crippen LogP contribution in [-0.2, 0) is 0 Å². The topological polar surface area (TPSA) is 38.7 Å². The Labute approximate surface area is 98.1 Å². The Morgan fingerprint density at radius 1 is 1.33 bits per heavy atom. The minimum atomic E-state index is -0.512. The van der Waals surface area contributed by atoms with Gasteiger partial charge in [-0.25, -0.2) is 0 Å². The lowest BCUT2D eigenvalue weighted by Gasteiger charge is -2.16. The van der Waals surface area contributed by atoms with Gasteiger partial charge in [-0.2, -0.15) is 0 Å². The van der Waals surface area contributed by atoms with Crippen LogP contribution in [-0.4, -0.2) is 19.3 Å². The fourth-order valence-electron chi connectivity index (χ4n) is 1.40. The quantitative estimate of drug-likeness (QED) is 0.918. The van der Waals surface area contributed by atoms with Crippen LogP contribution in [0.15, 0.2) is 16.6 Å². The maximum absolute atomic E-state index is 9.79. The first kappa shape index (κ1) is 12.3. The lowest BCUT2D eigenvalue weighted by atomic mass is 10.1. The number of benzene rings is 1. The van der Waals surface area contributed by atoms with Crippen LogP contribution in [0, 0.1) is 0 Å². The predicted molar refractivity (Wildman–Crippen MR) is 62.5 cm³/mol. The number of aliphatic hydroxyl groups is 1. The first-order valence-electron chi connectivity index (χ1n) is 4.74. The molecule has 0 aliphatic heterocycles. The number of hydrogen-bond acceptors (Lipinski definition) is 3. The summed E-state index contributed by atoms with van der Waals surface area (Å²) >= 11 is 3.39. The van der Waals surface area contributed by atoms with Crippen molar-refractivity contribution in [2.75, 3.05) is 14.2 Å². The summed E-state index contributed by atoms with van der Waals surface area (Å²) in [7, 11) is 3.17. The molecule has 0 spiro atoms. The third-order valence-corrected chi connectivity index (χ3v) is 3.01. The summed E-state index contributed by atoms with van der Waals surface area (Å²) in [6, 6.07) is 3.62. The van der Waals surface area contributed by atoms with E-state index in [0.717, 1.165) is 10.0 Å².